The number of rotatable bonds is 12. The number of hydrogen-bond acceptors (Lipinski definition) is 7. The van der Waals surface area contributed by atoms with E-state index in [1.54, 1.807) is 14.2 Å². The van der Waals surface area contributed by atoms with Gasteiger partial charge in [-0.05, 0) is 36.2 Å². The summed E-state index contributed by atoms with van der Waals surface area (Å²) in [6.07, 6.45) is -0.598. The van der Waals surface area contributed by atoms with Crippen LogP contribution in [-0.2, 0) is 11.3 Å². The van der Waals surface area contributed by atoms with E-state index in [0.717, 1.165) is 56.3 Å². The monoisotopic (exact) mass is 444 g/mol. The second-order valence-electron chi connectivity index (χ2n) is 8.11. The van der Waals surface area contributed by atoms with Crippen molar-refractivity contribution in [2.75, 3.05) is 66.8 Å². The van der Waals surface area contributed by atoms with Gasteiger partial charge in [-0.1, -0.05) is 24.3 Å². The third kappa shape index (κ3) is 7.38. The zero-order valence-corrected chi connectivity index (χ0v) is 19.5. The summed E-state index contributed by atoms with van der Waals surface area (Å²) in [5.41, 5.74) is 2.17. The van der Waals surface area contributed by atoms with Gasteiger partial charge in [0.15, 0.2) is 11.5 Å². The molecule has 1 aliphatic heterocycles. The second kappa shape index (κ2) is 12.6. The number of nitrogens with zero attached hydrogens (tertiary/aromatic N) is 2. The van der Waals surface area contributed by atoms with Gasteiger partial charge in [0.05, 0.1) is 27.4 Å². The molecule has 1 heterocycles. The highest BCUT2D eigenvalue weighted by molar-refractivity contribution is 5.42. The minimum Gasteiger partial charge on any atom is -0.493 e. The van der Waals surface area contributed by atoms with E-state index in [1.165, 1.54) is 0 Å². The first-order chi connectivity index (χ1) is 15.6. The quantitative estimate of drug-likeness (QED) is 0.540. The Hall–Kier alpha value is -2.32. The first-order valence-electron chi connectivity index (χ1n) is 11.2. The molecule has 7 heteroatoms. The third-order valence-electron chi connectivity index (χ3n) is 5.68. The predicted molar refractivity (Wildman–Crippen MR) is 125 cm³/mol. The van der Waals surface area contributed by atoms with Crippen molar-refractivity contribution >= 4 is 0 Å². The van der Waals surface area contributed by atoms with Crippen molar-refractivity contribution in [1.82, 2.24) is 9.80 Å². The van der Waals surface area contributed by atoms with Gasteiger partial charge in [0, 0.05) is 39.3 Å². The Morgan fingerprint density at radius 1 is 1.03 bits per heavy atom. The molecule has 1 unspecified atom stereocenters. The van der Waals surface area contributed by atoms with E-state index in [-0.39, 0.29) is 6.61 Å². The van der Waals surface area contributed by atoms with Gasteiger partial charge < -0.3 is 24.1 Å². The van der Waals surface area contributed by atoms with Crippen LogP contribution >= 0.6 is 0 Å². The molecule has 176 valence electrons. The van der Waals surface area contributed by atoms with Gasteiger partial charge >= 0.3 is 0 Å². The van der Waals surface area contributed by atoms with E-state index in [1.807, 2.05) is 49.4 Å². The van der Waals surface area contributed by atoms with Gasteiger partial charge in [0.25, 0.3) is 0 Å². The fraction of sp³-hybridized carbons (Fsp3) is 0.520. The molecule has 0 saturated carbocycles. The molecule has 32 heavy (non-hydrogen) atoms. The average molecular weight is 445 g/mol. The van der Waals surface area contributed by atoms with E-state index in [0.29, 0.717) is 24.6 Å². The van der Waals surface area contributed by atoms with Crippen LogP contribution in [0.2, 0.25) is 0 Å². The van der Waals surface area contributed by atoms with Crippen molar-refractivity contribution in [2.45, 2.75) is 19.6 Å². The lowest BCUT2D eigenvalue weighted by Gasteiger charge is -2.31. The molecule has 0 spiro atoms. The summed E-state index contributed by atoms with van der Waals surface area (Å²) >= 11 is 0. The van der Waals surface area contributed by atoms with Crippen LogP contribution in [0.15, 0.2) is 42.5 Å². The topological polar surface area (TPSA) is 63.6 Å². The Bertz CT molecular complexity index is 826. The van der Waals surface area contributed by atoms with E-state index in [9.17, 15) is 5.11 Å². The number of aliphatic hydroxyl groups excluding tert-OH is 1. The highest BCUT2D eigenvalue weighted by atomic mass is 16.5. The van der Waals surface area contributed by atoms with Crippen molar-refractivity contribution in [2.24, 2.45) is 0 Å². The van der Waals surface area contributed by atoms with Gasteiger partial charge in [-0.25, -0.2) is 0 Å². The van der Waals surface area contributed by atoms with E-state index < -0.39 is 6.10 Å². The fourth-order valence-corrected chi connectivity index (χ4v) is 3.83. The number of hydrogen-bond donors (Lipinski definition) is 1. The third-order valence-corrected chi connectivity index (χ3v) is 5.68. The molecule has 2 aromatic carbocycles. The lowest BCUT2D eigenvalue weighted by molar-refractivity contribution is 0.0255. The second-order valence-corrected chi connectivity index (χ2v) is 8.11. The largest absolute Gasteiger partial charge is 0.493 e. The first-order valence-corrected chi connectivity index (χ1v) is 11.2. The maximum atomic E-state index is 10.7. The summed E-state index contributed by atoms with van der Waals surface area (Å²) in [7, 11) is 3.28. The van der Waals surface area contributed by atoms with Gasteiger partial charge in [-0.2, -0.15) is 0 Å². The zero-order valence-electron chi connectivity index (χ0n) is 19.5. The van der Waals surface area contributed by atoms with Gasteiger partial charge in [-0.15, -0.1) is 0 Å². The average Bonchev–Trinajstić information content (AvgIpc) is 2.82. The molecule has 0 aromatic heterocycles. The van der Waals surface area contributed by atoms with Crippen LogP contribution in [0.5, 0.6) is 17.2 Å². The molecule has 1 atom stereocenters. The summed E-state index contributed by atoms with van der Waals surface area (Å²) in [6.45, 7) is 8.71. The highest BCUT2D eigenvalue weighted by Crippen LogP contribution is 2.28. The summed E-state index contributed by atoms with van der Waals surface area (Å²) in [6, 6.07) is 13.8. The normalized spacial score (nSPS) is 15.5. The Morgan fingerprint density at radius 2 is 1.78 bits per heavy atom. The Morgan fingerprint density at radius 3 is 2.50 bits per heavy atom. The molecule has 2 aromatic rings. The van der Waals surface area contributed by atoms with Crippen LogP contribution in [0.25, 0.3) is 0 Å². The fourth-order valence-electron chi connectivity index (χ4n) is 3.83. The van der Waals surface area contributed by atoms with Gasteiger partial charge in [-0.3, -0.25) is 9.80 Å². The number of ether oxygens (including phenoxy) is 4. The van der Waals surface area contributed by atoms with E-state index >= 15 is 0 Å². The molecule has 1 aliphatic rings. The molecular formula is C25H36N2O5. The molecule has 0 aliphatic carbocycles. The number of morpholine rings is 1. The SMILES string of the molecule is COc1ccc(CN(CCN2CCOCC2)CC(O)COc2ccccc2C)cc1OC. The molecular weight excluding hydrogens is 408 g/mol. The van der Waals surface area contributed by atoms with Crippen LogP contribution in [0, 0.1) is 6.92 Å². The van der Waals surface area contributed by atoms with Crippen molar-refractivity contribution in [1.29, 1.82) is 0 Å². The van der Waals surface area contributed by atoms with Gasteiger partial charge in [0.1, 0.15) is 18.5 Å². The molecule has 1 saturated heterocycles. The minimum atomic E-state index is -0.598. The summed E-state index contributed by atoms with van der Waals surface area (Å²) in [5, 5.41) is 10.7. The van der Waals surface area contributed by atoms with E-state index in [2.05, 4.69) is 9.80 Å². The summed E-state index contributed by atoms with van der Waals surface area (Å²) in [5.74, 6) is 2.23. The van der Waals surface area contributed by atoms with Crippen LogP contribution in [0.3, 0.4) is 0 Å². The first kappa shape index (κ1) is 24.3. The maximum Gasteiger partial charge on any atom is 0.161 e. The number of para-hydroxylation sites is 1. The van der Waals surface area contributed by atoms with Crippen molar-refractivity contribution in [3.63, 3.8) is 0 Å². The number of methoxy groups -OCH3 is 2. The molecule has 3 rings (SSSR count). The molecule has 0 bridgehead atoms. The Labute approximate surface area is 191 Å². The van der Waals surface area contributed by atoms with Gasteiger partial charge in [0.2, 0.25) is 0 Å². The van der Waals surface area contributed by atoms with Crippen LogP contribution in [0.1, 0.15) is 11.1 Å². The Balaban J connectivity index is 1.62. The highest BCUT2D eigenvalue weighted by Gasteiger charge is 2.17. The molecule has 1 N–H and O–H groups in total. The lowest BCUT2D eigenvalue weighted by Crippen LogP contribution is -2.43. The van der Waals surface area contributed by atoms with Crippen LogP contribution in [0.4, 0.5) is 0 Å². The predicted octanol–water partition coefficient (Wildman–Crippen LogP) is 2.59. The maximum absolute atomic E-state index is 10.7. The Kier molecular flexibility index (Phi) is 9.62. The molecule has 7 nitrogen and oxygen atoms in total. The smallest absolute Gasteiger partial charge is 0.161 e. The van der Waals surface area contributed by atoms with Crippen molar-refractivity contribution < 1.29 is 24.1 Å². The summed E-state index contributed by atoms with van der Waals surface area (Å²) < 4.78 is 22.1. The van der Waals surface area contributed by atoms with E-state index in [4.69, 9.17) is 18.9 Å². The van der Waals surface area contributed by atoms with Crippen molar-refractivity contribution in [3.8, 4) is 17.2 Å². The lowest BCUT2D eigenvalue weighted by atomic mass is 10.1. The molecule has 1 fully saturated rings. The zero-order chi connectivity index (χ0) is 22.8. The van der Waals surface area contributed by atoms with Crippen LogP contribution < -0.4 is 14.2 Å². The number of benzene rings is 2. The number of aryl methyl sites for hydroxylation is 1. The summed E-state index contributed by atoms with van der Waals surface area (Å²) in [4.78, 5) is 4.67. The van der Waals surface area contributed by atoms with Crippen molar-refractivity contribution in [3.05, 3.63) is 53.6 Å². The van der Waals surface area contributed by atoms with Crippen LogP contribution in [-0.4, -0.2) is 87.8 Å². The minimum absolute atomic E-state index is 0.255. The standard InChI is InChI=1S/C25H36N2O5/c1-20-6-4-5-7-23(20)32-19-22(28)18-27(11-10-26-12-14-31-15-13-26)17-21-8-9-24(29-2)25(16-21)30-3/h4-9,16,22,28H,10-15,17-19H2,1-3H3. The molecule has 0 radical (unpaired) electrons. The number of aliphatic hydroxyl groups is 1. The molecule has 0 amide bonds.